The predicted octanol–water partition coefficient (Wildman–Crippen LogP) is 0.779. The molecular weight excluding hydrogens is 260 g/mol. The standard InChI is InChI=1S/C10H14N4O3.ClH/c1-7-6-13(5-4-11-7)10(15)8-2-3-9(12-8)14(16)17;/h2-3,7,11-12H,4-6H2,1H3;1H/t7-;/m0./s1. The lowest BCUT2D eigenvalue weighted by atomic mass is 10.2. The molecule has 18 heavy (non-hydrogen) atoms. The molecule has 0 aromatic carbocycles. The summed E-state index contributed by atoms with van der Waals surface area (Å²) >= 11 is 0. The molecule has 2 heterocycles. The summed E-state index contributed by atoms with van der Waals surface area (Å²) in [5.41, 5.74) is 0.269. The van der Waals surface area contributed by atoms with E-state index in [1.807, 2.05) is 6.92 Å². The van der Waals surface area contributed by atoms with Crippen molar-refractivity contribution in [1.82, 2.24) is 15.2 Å². The van der Waals surface area contributed by atoms with Crippen LogP contribution < -0.4 is 5.32 Å². The topological polar surface area (TPSA) is 91.3 Å². The maximum absolute atomic E-state index is 12.0. The van der Waals surface area contributed by atoms with E-state index in [4.69, 9.17) is 0 Å². The van der Waals surface area contributed by atoms with Crippen LogP contribution in [-0.4, -0.2) is 46.4 Å². The molecule has 1 saturated heterocycles. The summed E-state index contributed by atoms with van der Waals surface area (Å²) < 4.78 is 0. The Hall–Kier alpha value is -1.60. The van der Waals surface area contributed by atoms with E-state index in [2.05, 4.69) is 10.3 Å². The molecule has 0 saturated carbocycles. The molecule has 0 aliphatic carbocycles. The molecule has 8 heteroatoms. The summed E-state index contributed by atoms with van der Waals surface area (Å²) in [5, 5.41) is 13.7. The Kier molecular flexibility index (Phi) is 4.69. The van der Waals surface area contributed by atoms with Gasteiger partial charge in [-0.05, 0) is 17.9 Å². The van der Waals surface area contributed by atoms with Gasteiger partial charge in [0.05, 0.1) is 0 Å². The van der Waals surface area contributed by atoms with Gasteiger partial charge in [0.1, 0.15) is 0 Å². The van der Waals surface area contributed by atoms with Gasteiger partial charge in [0.25, 0.3) is 5.91 Å². The van der Waals surface area contributed by atoms with E-state index in [-0.39, 0.29) is 35.9 Å². The van der Waals surface area contributed by atoms with Crippen LogP contribution in [0.1, 0.15) is 17.4 Å². The van der Waals surface area contributed by atoms with Crippen LogP contribution >= 0.6 is 12.4 Å². The van der Waals surface area contributed by atoms with Crippen molar-refractivity contribution < 1.29 is 9.72 Å². The smallest absolute Gasteiger partial charge is 0.321 e. The maximum atomic E-state index is 12.0. The summed E-state index contributed by atoms with van der Waals surface area (Å²) in [6, 6.07) is 3.00. The Morgan fingerprint density at radius 2 is 2.28 bits per heavy atom. The normalized spacial score (nSPS) is 19.2. The number of aromatic nitrogens is 1. The number of piperazine rings is 1. The Bertz CT molecular complexity index is 448. The van der Waals surface area contributed by atoms with E-state index in [0.717, 1.165) is 6.54 Å². The molecule has 1 aromatic heterocycles. The largest absolute Gasteiger partial charge is 0.358 e. The molecule has 1 atom stereocenters. The summed E-state index contributed by atoms with van der Waals surface area (Å²) in [6.07, 6.45) is 0. The predicted molar refractivity (Wildman–Crippen MR) is 68.1 cm³/mol. The monoisotopic (exact) mass is 274 g/mol. The second-order valence-corrected chi connectivity index (χ2v) is 4.12. The van der Waals surface area contributed by atoms with Gasteiger partial charge in [0, 0.05) is 31.7 Å². The number of carbonyl (C=O) groups excluding carboxylic acids is 1. The van der Waals surface area contributed by atoms with Crippen molar-refractivity contribution in [2.75, 3.05) is 19.6 Å². The Balaban J connectivity index is 0.00000162. The third-order valence-electron chi connectivity index (χ3n) is 2.75. The van der Waals surface area contributed by atoms with E-state index in [0.29, 0.717) is 13.1 Å². The van der Waals surface area contributed by atoms with Crippen molar-refractivity contribution >= 4 is 24.1 Å². The summed E-state index contributed by atoms with van der Waals surface area (Å²) in [5.74, 6) is -0.344. The van der Waals surface area contributed by atoms with Crippen LogP contribution in [0, 0.1) is 10.1 Å². The average Bonchev–Trinajstić information content (AvgIpc) is 2.77. The van der Waals surface area contributed by atoms with E-state index < -0.39 is 4.92 Å². The minimum absolute atomic E-state index is 0. The number of hydrogen-bond donors (Lipinski definition) is 2. The summed E-state index contributed by atoms with van der Waals surface area (Å²) in [6.45, 7) is 3.98. The van der Waals surface area contributed by atoms with Crippen LogP contribution in [0.15, 0.2) is 12.1 Å². The molecule has 2 rings (SSSR count). The second-order valence-electron chi connectivity index (χ2n) is 4.12. The Labute approximate surface area is 110 Å². The number of nitro groups is 1. The van der Waals surface area contributed by atoms with Gasteiger partial charge in [-0.3, -0.25) is 4.79 Å². The molecular formula is C10H15ClN4O3. The van der Waals surface area contributed by atoms with E-state index in [1.165, 1.54) is 12.1 Å². The van der Waals surface area contributed by atoms with Gasteiger partial charge >= 0.3 is 5.82 Å². The molecule has 1 amide bonds. The van der Waals surface area contributed by atoms with E-state index in [9.17, 15) is 14.9 Å². The van der Waals surface area contributed by atoms with Crippen molar-refractivity contribution in [1.29, 1.82) is 0 Å². The number of nitrogens with zero attached hydrogens (tertiary/aromatic N) is 2. The van der Waals surface area contributed by atoms with Gasteiger partial charge in [0.2, 0.25) is 0 Å². The molecule has 1 aliphatic rings. The number of aromatic amines is 1. The molecule has 7 nitrogen and oxygen atoms in total. The Morgan fingerprint density at radius 3 is 2.83 bits per heavy atom. The van der Waals surface area contributed by atoms with E-state index in [1.54, 1.807) is 4.90 Å². The lowest BCUT2D eigenvalue weighted by Crippen LogP contribution is -2.51. The van der Waals surface area contributed by atoms with Gasteiger partial charge < -0.3 is 20.3 Å². The zero-order valence-corrected chi connectivity index (χ0v) is 10.7. The van der Waals surface area contributed by atoms with Crippen molar-refractivity contribution in [3.05, 3.63) is 27.9 Å². The zero-order valence-electron chi connectivity index (χ0n) is 9.88. The molecule has 2 N–H and O–H groups in total. The molecule has 0 radical (unpaired) electrons. The first-order valence-electron chi connectivity index (χ1n) is 5.44. The van der Waals surface area contributed by atoms with E-state index >= 15 is 0 Å². The lowest BCUT2D eigenvalue weighted by Gasteiger charge is -2.31. The molecule has 1 aromatic rings. The van der Waals surface area contributed by atoms with Gasteiger partial charge in [-0.2, -0.15) is 0 Å². The van der Waals surface area contributed by atoms with Gasteiger partial charge in [-0.1, -0.05) is 0 Å². The highest BCUT2D eigenvalue weighted by Crippen LogP contribution is 2.13. The highest BCUT2D eigenvalue weighted by molar-refractivity contribution is 5.93. The highest BCUT2D eigenvalue weighted by Gasteiger charge is 2.25. The summed E-state index contributed by atoms with van der Waals surface area (Å²) in [7, 11) is 0. The molecule has 0 bridgehead atoms. The molecule has 0 unspecified atom stereocenters. The first-order valence-corrected chi connectivity index (χ1v) is 5.44. The maximum Gasteiger partial charge on any atom is 0.321 e. The van der Waals surface area contributed by atoms with Gasteiger partial charge in [-0.15, -0.1) is 12.4 Å². The number of rotatable bonds is 2. The van der Waals surface area contributed by atoms with Crippen molar-refractivity contribution in [3.8, 4) is 0 Å². The van der Waals surface area contributed by atoms with Crippen molar-refractivity contribution in [2.45, 2.75) is 13.0 Å². The van der Waals surface area contributed by atoms with Gasteiger partial charge in [0.15, 0.2) is 5.69 Å². The van der Waals surface area contributed by atoms with Crippen LogP contribution in [-0.2, 0) is 0 Å². The number of amides is 1. The third kappa shape index (κ3) is 2.99. The van der Waals surface area contributed by atoms with Crippen LogP contribution in [0.4, 0.5) is 5.82 Å². The van der Waals surface area contributed by atoms with Gasteiger partial charge in [-0.25, -0.2) is 4.98 Å². The minimum Gasteiger partial charge on any atom is -0.358 e. The van der Waals surface area contributed by atoms with Crippen LogP contribution in [0.3, 0.4) is 0 Å². The molecule has 0 spiro atoms. The number of halogens is 1. The van der Waals surface area contributed by atoms with Crippen LogP contribution in [0.25, 0.3) is 0 Å². The van der Waals surface area contributed by atoms with Crippen LogP contribution in [0.2, 0.25) is 0 Å². The quantitative estimate of drug-likeness (QED) is 0.616. The third-order valence-corrected chi connectivity index (χ3v) is 2.75. The fourth-order valence-electron chi connectivity index (χ4n) is 1.90. The molecule has 1 fully saturated rings. The minimum atomic E-state index is -0.544. The van der Waals surface area contributed by atoms with Crippen LogP contribution in [0.5, 0.6) is 0 Å². The summed E-state index contributed by atoms with van der Waals surface area (Å²) in [4.78, 5) is 26.2. The number of H-pyrrole nitrogens is 1. The fourth-order valence-corrected chi connectivity index (χ4v) is 1.90. The lowest BCUT2D eigenvalue weighted by molar-refractivity contribution is -0.389. The average molecular weight is 275 g/mol. The first kappa shape index (κ1) is 14.5. The zero-order chi connectivity index (χ0) is 12.4. The first-order chi connectivity index (χ1) is 8.08. The fraction of sp³-hybridized carbons (Fsp3) is 0.500. The Morgan fingerprint density at radius 1 is 1.56 bits per heavy atom. The number of nitrogens with one attached hydrogen (secondary N) is 2. The molecule has 100 valence electrons. The number of hydrogen-bond acceptors (Lipinski definition) is 4. The van der Waals surface area contributed by atoms with Crippen molar-refractivity contribution in [2.24, 2.45) is 0 Å². The number of carbonyl (C=O) groups is 1. The van der Waals surface area contributed by atoms with Crippen molar-refractivity contribution in [3.63, 3.8) is 0 Å². The molecule has 1 aliphatic heterocycles. The SMILES string of the molecule is C[C@H]1CN(C(=O)c2ccc([N+](=O)[O-])[nH]2)CCN1.Cl. The second kappa shape index (κ2) is 5.83. The highest BCUT2D eigenvalue weighted by atomic mass is 35.5.